The highest BCUT2D eigenvalue weighted by Gasteiger charge is 2.21. The van der Waals surface area contributed by atoms with E-state index in [1.54, 1.807) is 0 Å². The van der Waals surface area contributed by atoms with Crippen LogP contribution in [-0.4, -0.2) is 23.1 Å². The van der Waals surface area contributed by atoms with Crippen molar-refractivity contribution < 1.29 is 14.7 Å². The van der Waals surface area contributed by atoms with E-state index in [0.717, 1.165) is 12.2 Å². The molecule has 5 heteroatoms. The van der Waals surface area contributed by atoms with Crippen LogP contribution in [0.1, 0.15) is 13.3 Å². The summed E-state index contributed by atoms with van der Waals surface area (Å²) in [5.41, 5.74) is 0. The molecule has 54 valence electrons. The number of aliphatic imine (C=N–C) groups is 2. The molecule has 0 bridgehead atoms. The highest BCUT2D eigenvalue weighted by atomic mass is 16.3. The van der Waals surface area contributed by atoms with Crippen molar-refractivity contribution in [2.24, 2.45) is 9.98 Å². The van der Waals surface area contributed by atoms with E-state index in [9.17, 15) is 9.59 Å². The average Bonchev–Trinajstić information content (AvgIpc) is 1.89. The van der Waals surface area contributed by atoms with E-state index in [1.807, 2.05) is 0 Å². The van der Waals surface area contributed by atoms with Gasteiger partial charge < -0.3 is 5.11 Å². The topological polar surface area (TPSA) is 79.1 Å². The maximum atomic E-state index is 9.61. The number of hydrogen-bond donors (Lipinski definition) is 1. The maximum Gasteiger partial charge on any atom is 0.275 e. The van der Waals surface area contributed by atoms with Crippen molar-refractivity contribution in [1.29, 1.82) is 0 Å². The number of aliphatic hydroxyl groups is 1. The van der Waals surface area contributed by atoms with Gasteiger partial charge in [-0.25, -0.2) is 9.59 Å². The Hall–Kier alpha value is -1.28. The van der Waals surface area contributed by atoms with E-state index in [2.05, 4.69) is 9.98 Å². The minimum atomic E-state index is -1.95. The SMILES string of the molecule is CCC(O)(N=C=O)N=C=O. The Morgan fingerprint density at radius 3 is 2.00 bits per heavy atom. The van der Waals surface area contributed by atoms with E-state index >= 15 is 0 Å². The number of hydrogen-bond acceptors (Lipinski definition) is 5. The number of rotatable bonds is 3. The van der Waals surface area contributed by atoms with Gasteiger partial charge in [-0.1, -0.05) is 6.92 Å². The van der Waals surface area contributed by atoms with E-state index in [1.165, 1.54) is 6.92 Å². The highest BCUT2D eigenvalue weighted by molar-refractivity contribution is 5.37. The molecule has 0 rings (SSSR count). The van der Waals surface area contributed by atoms with Crippen LogP contribution in [0.3, 0.4) is 0 Å². The van der Waals surface area contributed by atoms with Gasteiger partial charge >= 0.3 is 0 Å². The van der Waals surface area contributed by atoms with Gasteiger partial charge in [0.15, 0.2) is 0 Å². The quantitative estimate of drug-likeness (QED) is 0.434. The van der Waals surface area contributed by atoms with Gasteiger partial charge in [-0.3, -0.25) is 0 Å². The van der Waals surface area contributed by atoms with E-state index in [0.29, 0.717) is 0 Å². The van der Waals surface area contributed by atoms with Gasteiger partial charge in [0.05, 0.1) is 0 Å². The van der Waals surface area contributed by atoms with Crippen molar-refractivity contribution >= 4 is 12.2 Å². The first-order valence-electron chi connectivity index (χ1n) is 2.59. The van der Waals surface area contributed by atoms with Crippen LogP contribution in [0.5, 0.6) is 0 Å². The molecular weight excluding hydrogens is 136 g/mol. The summed E-state index contributed by atoms with van der Waals surface area (Å²) < 4.78 is 0. The zero-order valence-electron chi connectivity index (χ0n) is 5.37. The molecule has 0 saturated carbocycles. The number of nitrogens with zero attached hydrogens (tertiary/aromatic N) is 2. The van der Waals surface area contributed by atoms with Gasteiger partial charge in [0, 0.05) is 6.42 Å². The first-order chi connectivity index (χ1) is 4.68. The smallest absolute Gasteiger partial charge is 0.275 e. The summed E-state index contributed by atoms with van der Waals surface area (Å²) in [4.78, 5) is 25.0. The standard InChI is InChI=1S/C5H6N2O3/c1-2-5(10,6-3-8)7-4-9/h10H,2H2,1H3. The van der Waals surface area contributed by atoms with Gasteiger partial charge in [0.2, 0.25) is 12.2 Å². The van der Waals surface area contributed by atoms with Gasteiger partial charge in [0.25, 0.3) is 5.85 Å². The van der Waals surface area contributed by atoms with Crippen LogP contribution >= 0.6 is 0 Å². The van der Waals surface area contributed by atoms with E-state index in [-0.39, 0.29) is 6.42 Å². The predicted octanol–water partition coefficient (Wildman–Crippen LogP) is -0.286. The normalized spacial score (nSPS) is 14.2. The third-order valence-corrected chi connectivity index (χ3v) is 0.924. The van der Waals surface area contributed by atoms with Crippen LogP contribution in [0.4, 0.5) is 0 Å². The Morgan fingerprint density at radius 2 is 1.80 bits per heavy atom. The van der Waals surface area contributed by atoms with Crippen LogP contribution in [-0.2, 0) is 9.59 Å². The molecule has 0 amide bonds. The summed E-state index contributed by atoms with van der Waals surface area (Å²) in [6.45, 7) is 1.52. The fourth-order valence-corrected chi connectivity index (χ4v) is 0.329. The lowest BCUT2D eigenvalue weighted by Crippen LogP contribution is -2.20. The third-order valence-electron chi connectivity index (χ3n) is 0.924. The van der Waals surface area contributed by atoms with Gasteiger partial charge in [-0.2, -0.15) is 0 Å². The van der Waals surface area contributed by atoms with Crippen molar-refractivity contribution in [3.05, 3.63) is 0 Å². The molecule has 0 aliphatic rings. The molecular formula is C5H6N2O3. The summed E-state index contributed by atoms with van der Waals surface area (Å²) >= 11 is 0. The largest absolute Gasteiger partial charge is 0.350 e. The minimum absolute atomic E-state index is 0.0392. The molecule has 0 aromatic heterocycles. The van der Waals surface area contributed by atoms with Crippen LogP contribution in [0, 0.1) is 0 Å². The lowest BCUT2D eigenvalue weighted by molar-refractivity contribution is 0.0555. The van der Waals surface area contributed by atoms with Crippen molar-refractivity contribution in [2.75, 3.05) is 0 Å². The summed E-state index contributed by atoms with van der Waals surface area (Å²) in [6, 6.07) is 0. The fraction of sp³-hybridized carbons (Fsp3) is 0.600. The molecule has 0 aliphatic heterocycles. The maximum absolute atomic E-state index is 9.61. The second kappa shape index (κ2) is 3.69. The van der Waals surface area contributed by atoms with Crippen LogP contribution < -0.4 is 0 Å². The highest BCUT2D eigenvalue weighted by Crippen LogP contribution is 2.10. The molecule has 0 aromatic rings. The summed E-state index contributed by atoms with van der Waals surface area (Å²) in [7, 11) is 0. The third kappa shape index (κ3) is 2.33. The molecule has 0 spiro atoms. The van der Waals surface area contributed by atoms with Crippen molar-refractivity contribution in [1.82, 2.24) is 0 Å². The van der Waals surface area contributed by atoms with Crippen LogP contribution in [0.25, 0.3) is 0 Å². The molecule has 0 radical (unpaired) electrons. The molecule has 0 unspecified atom stereocenters. The Kier molecular flexibility index (Phi) is 3.22. The second-order valence-corrected chi connectivity index (χ2v) is 1.53. The predicted molar refractivity (Wildman–Crippen MR) is 31.5 cm³/mol. The first-order valence-corrected chi connectivity index (χ1v) is 2.59. The molecule has 0 aromatic carbocycles. The number of isocyanates is 2. The van der Waals surface area contributed by atoms with Gasteiger partial charge in [-0.05, 0) is 0 Å². The zero-order valence-corrected chi connectivity index (χ0v) is 5.37. The molecule has 0 saturated heterocycles. The molecule has 0 fully saturated rings. The molecule has 5 nitrogen and oxygen atoms in total. The second-order valence-electron chi connectivity index (χ2n) is 1.53. The number of carbonyl (C=O) groups excluding carboxylic acids is 2. The Morgan fingerprint density at radius 1 is 1.40 bits per heavy atom. The molecule has 10 heavy (non-hydrogen) atoms. The molecule has 1 N–H and O–H groups in total. The van der Waals surface area contributed by atoms with Crippen molar-refractivity contribution in [3.8, 4) is 0 Å². The lowest BCUT2D eigenvalue weighted by atomic mass is 10.3. The van der Waals surface area contributed by atoms with Crippen molar-refractivity contribution in [2.45, 2.75) is 19.2 Å². The lowest BCUT2D eigenvalue weighted by Gasteiger charge is -2.09. The van der Waals surface area contributed by atoms with Crippen LogP contribution in [0.15, 0.2) is 9.98 Å². The summed E-state index contributed by atoms with van der Waals surface area (Å²) in [6.07, 6.45) is 2.23. The zero-order chi connectivity index (χ0) is 8.04. The fourth-order valence-electron chi connectivity index (χ4n) is 0.329. The van der Waals surface area contributed by atoms with E-state index < -0.39 is 5.85 Å². The van der Waals surface area contributed by atoms with Crippen molar-refractivity contribution in [3.63, 3.8) is 0 Å². The minimum Gasteiger partial charge on any atom is -0.350 e. The molecule has 0 aliphatic carbocycles. The van der Waals surface area contributed by atoms with Gasteiger partial charge in [0.1, 0.15) is 0 Å². The summed E-state index contributed by atoms with van der Waals surface area (Å²) in [5, 5.41) is 8.96. The Balaban J connectivity index is 4.52. The van der Waals surface area contributed by atoms with Gasteiger partial charge in [-0.15, -0.1) is 9.98 Å². The Labute approximate surface area is 57.1 Å². The molecule has 0 heterocycles. The first kappa shape index (κ1) is 8.72. The van der Waals surface area contributed by atoms with Crippen LogP contribution in [0.2, 0.25) is 0 Å². The van der Waals surface area contributed by atoms with E-state index in [4.69, 9.17) is 5.11 Å². The summed E-state index contributed by atoms with van der Waals surface area (Å²) in [5.74, 6) is -1.95. The average molecular weight is 142 g/mol. The molecule has 0 atom stereocenters. The Bertz CT molecular complexity index is 183. The monoisotopic (exact) mass is 142 g/mol.